The first-order chi connectivity index (χ1) is 17.0. The van der Waals surface area contributed by atoms with Gasteiger partial charge in [0.05, 0.1) is 31.1 Å². The molecule has 0 fully saturated rings. The van der Waals surface area contributed by atoms with Crippen LogP contribution in [0.1, 0.15) is 56.2 Å². The van der Waals surface area contributed by atoms with E-state index >= 15 is 0 Å². The fourth-order valence-electron chi connectivity index (χ4n) is 3.56. The minimum atomic E-state index is -0.0518. The summed E-state index contributed by atoms with van der Waals surface area (Å²) in [5.41, 5.74) is 5.85. The molecule has 2 N–H and O–H groups in total. The van der Waals surface area contributed by atoms with Gasteiger partial charge >= 0.3 is 0 Å². The third-order valence-corrected chi connectivity index (χ3v) is 5.43. The highest BCUT2D eigenvalue weighted by Gasteiger charge is 2.14. The van der Waals surface area contributed by atoms with E-state index < -0.39 is 0 Å². The van der Waals surface area contributed by atoms with Crippen molar-refractivity contribution in [1.82, 2.24) is 10.7 Å². The maximum absolute atomic E-state index is 11.3. The molecule has 0 saturated carbocycles. The van der Waals surface area contributed by atoms with E-state index in [0.29, 0.717) is 62.2 Å². The highest BCUT2D eigenvalue weighted by Crippen LogP contribution is 2.24. The average molecular weight is 479 g/mol. The molecule has 1 aliphatic heterocycles. The van der Waals surface area contributed by atoms with Crippen molar-refractivity contribution < 1.29 is 19.0 Å². The van der Waals surface area contributed by atoms with Gasteiger partial charge in [-0.1, -0.05) is 13.8 Å². The molecule has 0 aromatic heterocycles. The number of amides is 1. The van der Waals surface area contributed by atoms with Gasteiger partial charge in [0.2, 0.25) is 5.91 Å². The molecule has 0 unspecified atom stereocenters. The first kappa shape index (κ1) is 26.0. The number of nitrogens with zero attached hydrogens (tertiary/aromatic N) is 2. The molecule has 8 nitrogen and oxygen atoms in total. The Hall–Kier alpha value is -3.57. The van der Waals surface area contributed by atoms with Gasteiger partial charge in [0.25, 0.3) is 0 Å². The molecule has 186 valence electrons. The molecular formula is C27H34N4O4. The van der Waals surface area contributed by atoms with Crippen LogP contribution in [0.5, 0.6) is 17.2 Å². The third-order valence-electron chi connectivity index (χ3n) is 5.43. The van der Waals surface area contributed by atoms with E-state index in [1.54, 1.807) is 12.1 Å². The lowest BCUT2D eigenvalue weighted by Crippen LogP contribution is -2.25. The largest absolute Gasteiger partial charge is 0.493 e. The molecular weight excluding hydrogens is 444 g/mol. The molecule has 0 spiro atoms. The molecule has 35 heavy (non-hydrogen) atoms. The average Bonchev–Trinajstić information content (AvgIpc) is 2.85. The zero-order valence-corrected chi connectivity index (χ0v) is 20.7. The van der Waals surface area contributed by atoms with Crippen molar-refractivity contribution in [3.8, 4) is 23.3 Å². The van der Waals surface area contributed by atoms with Crippen molar-refractivity contribution in [2.24, 2.45) is 5.10 Å². The van der Waals surface area contributed by atoms with Crippen LogP contribution in [0.25, 0.3) is 0 Å². The Bertz CT molecular complexity index is 1080. The summed E-state index contributed by atoms with van der Waals surface area (Å²) in [5, 5.41) is 17.0. The number of ether oxygens (including phenoxy) is 3. The standard InChI is InChI=1S/C27H34N4O4/c1-19(2)29-12-4-13-33-23-7-10-26(22(17-23)18-28)35-15-5-14-34-25-9-6-21(16-20(25)3)24-8-11-27(32)31-30-24/h6-7,9-10,16-17,19,29H,4-5,8,11-15H2,1-3H3,(H,31,32). The predicted octanol–water partition coefficient (Wildman–Crippen LogP) is 4.10. The SMILES string of the molecule is Cc1cc(C2=NNC(=O)CC2)ccc1OCCCOc1ccc(OCCCNC(C)C)cc1C#N. The minimum absolute atomic E-state index is 0.0518. The van der Waals surface area contributed by atoms with Crippen LogP contribution < -0.4 is 25.0 Å². The maximum Gasteiger partial charge on any atom is 0.240 e. The summed E-state index contributed by atoms with van der Waals surface area (Å²) in [6, 6.07) is 13.9. The number of benzene rings is 2. The topological polar surface area (TPSA) is 105 Å². The van der Waals surface area contributed by atoms with E-state index in [4.69, 9.17) is 14.2 Å². The van der Waals surface area contributed by atoms with Crippen LogP contribution in [0.15, 0.2) is 41.5 Å². The molecule has 2 aromatic carbocycles. The van der Waals surface area contributed by atoms with E-state index in [2.05, 4.69) is 35.8 Å². The Labute approximate surface area is 207 Å². The van der Waals surface area contributed by atoms with Gasteiger partial charge in [0, 0.05) is 31.4 Å². The van der Waals surface area contributed by atoms with Gasteiger partial charge in [-0.15, -0.1) is 0 Å². The summed E-state index contributed by atoms with van der Waals surface area (Å²) in [6.07, 6.45) is 2.66. The van der Waals surface area contributed by atoms with Crippen molar-refractivity contribution in [2.45, 2.75) is 52.5 Å². The van der Waals surface area contributed by atoms with Gasteiger partial charge in [-0.25, -0.2) is 5.43 Å². The Kier molecular flexibility index (Phi) is 9.93. The second-order valence-electron chi connectivity index (χ2n) is 8.70. The molecule has 0 aliphatic carbocycles. The number of hydrazone groups is 1. The fraction of sp³-hybridized carbons (Fsp3) is 0.444. The zero-order chi connectivity index (χ0) is 25.0. The Morgan fingerprint density at radius 2 is 1.77 bits per heavy atom. The number of carbonyl (C=O) groups excluding carboxylic acids is 1. The van der Waals surface area contributed by atoms with E-state index in [-0.39, 0.29) is 5.91 Å². The van der Waals surface area contributed by atoms with Crippen molar-refractivity contribution >= 4 is 11.6 Å². The minimum Gasteiger partial charge on any atom is -0.493 e. The van der Waals surface area contributed by atoms with Gasteiger partial charge in [0.15, 0.2) is 0 Å². The lowest BCUT2D eigenvalue weighted by atomic mass is 10.0. The quantitative estimate of drug-likeness (QED) is 0.420. The summed E-state index contributed by atoms with van der Waals surface area (Å²) in [4.78, 5) is 11.3. The first-order valence-electron chi connectivity index (χ1n) is 12.1. The normalized spacial score (nSPS) is 13.1. The van der Waals surface area contributed by atoms with Crippen LogP contribution in [0.2, 0.25) is 0 Å². The van der Waals surface area contributed by atoms with Crippen molar-refractivity contribution in [3.05, 3.63) is 53.1 Å². The number of aryl methyl sites for hydroxylation is 1. The molecule has 0 saturated heterocycles. The highest BCUT2D eigenvalue weighted by atomic mass is 16.5. The zero-order valence-electron chi connectivity index (χ0n) is 20.7. The third kappa shape index (κ3) is 8.30. The number of nitrogens with one attached hydrogen (secondary N) is 2. The fourth-order valence-corrected chi connectivity index (χ4v) is 3.56. The Morgan fingerprint density at radius 1 is 1.03 bits per heavy atom. The van der Waals surface area contributed by atoms with Crippen LogP contribution in [0.3, 0.4) is 0 Å². The van der Waals surface area contributed by atoms with Gasteiger partial charge in [-0.2, -0.15) is 10.4 Å². The molecule has 0 atom stereocenters. The second-order valence-corrected chi connectivity index (χ2v) is 8.70. The molecule has 1 aliphatic rings. The van der Waals surface area contributed by atoms with Gasteiger partial charge in [0.1, 0.15) is 23.3 Å². The Morgan fingerprint density at radius 3 is 2.46 bits per heavy atom. The molecule has 0 bridgehead atoms. The van der Waals surface area contributed by atoms with Crippen molar-refractivity contribution in [1.29, 1.82) is 5.26 Å². The van der Waals surface area contributed by atoms with E-state index in [0.717, 1.165) is 35.6 Å². The number of hydrogen-bond acceptors (Lipinski definition) is 7. The van der Waals surface area contributed by atoms with Gasteiger partial charge in [-0.05, 0) is 61.3 Å². The monoisotopic (exact) mass is 478 g/mol. The van der Waals surface area contributed by atoms with Crippen LogP contribution >= 0.6 is 0 Å². The van der Waals surface area contributed by atoms with Crippen LogP contribution in [-0.4, -0.2) is 44.0 Å². The summed E-state index contributed by atoms with van der Waals surface area (Å²) in [5.74, 6) is 1.96. The smallest absolute Gasteiger partial charge is 0.240 e. The van der Waals surface area contributed by atoms with Crippen LogP contribution in [0, 0.1) is 18.3 Å². The van der Waals surface area contributed by atoms with E-state index in [1.807, 2.05) is 31.2 Å². The lowest BCUT2D eigenvalue weighted by Gasteiger charge is -2.15. The number of hydrogen-bond donors (Lipinski definition) is 2. The summed E-state index contributed by atoms with van der Waals surface area (Å²) in [6.45, 7) is 8.62. The van der Waals surface area contributed by atoms with Crippen molar-refractivity contribution in [2.75, 3.05) is 26.4 Å². The highest BCUT2D eigenvalue weighted by molar-refractivity contribution is 6.04. The van der Waals surface area contributed by atoms with E-state index in [1.165, 1.54) is 0 Å². The number of nitriles is 1. The predicted molar refractivity (Wildman–Crippen MR) is 135 cm³/mol. The summed E-state index contributed by atoms with van der Waals surface area (Å²) < 4.78 is 17.5. The molecule has 2 aromatic rings. The van der Waals surface area contributed by atoms with Crippen LogP contribution in [-0.2, 0) is 4.79 Å². The number of carbonyl (C=O) groups is 1. The summed E-state index contributed by atoms with van der Waals surface area (Å²) >= 11 is 0. The molecule has 1 amide bonds. The van der Waals surface area contributed by atoms with Gasteiger partial charge in [-0.3, -0.25) is 4.79 Å². The van der Waals surface area contributed by atoms with Crippen molar-refractivity contribution in [3.63, 3.8) is 0 Å². The van der Waals surface area contributed by atoms with E-state index in [9.17, 15) is 10.1 Å². The maximum atomic E-state index is 11.3. The summed E-state index contributed by atoms with van der Waals surface area (Å²) in [7, 11) is 0. The molecule has 0 radical (unpaired) electrons. The van der Waals surface area contributed by atoms with Crippen LogP contribution in [0.4, 0.5) is 0 Å². The number of rotatable bonds is 13. The molecule has 3 rings (SSSR count). The molecule has 1 heterocycles. The molecule has 8 heteroatoms. The van der Waals surface area contributed by atoms with Gasteiger partial charge < -0.3 is 19.5 Å². The first-order valence-corrected chi connectivity index (χ1v) is 12.1. The Balaban J connectivity index is 1.41. The second kappa shape index (κ2) is 13.4. The lowest BCUT2D eigenvalue weighted by molar-refractivity contribution is -0.121.